The molecule has 0 unspecified atom stereocenters. The second-order valence-corrected chi connectivity index (χ2v) is 12.0. The molecular formula is C30H31FN6O5S. The summed E-state index contributed by atoms with van der Waals surface area (Å²) in [5.74, 6) is 0.825. The number of rotatable bonds is 9. The maximum absolute atomic E-state index is 15.8. The van der Waals surface area contributed by atoms with E-state index < -0.39 is 15.8 Å². The number of hydrogen-bond donors (Lipinski definition) is 2. The Kier molecular flexibility index (Phi) is 7.86. The van der Waals surface area contributed by atoms with Crippen molar-refractivity contribution in [3.63, 3.8) is 0 Å². The van der Waals surface area contributed by atoms with Gasteiger partial charge in [-0.15, -0.1) is 0 Å². The van der Waals surface area contributed by atoms with Crippen molar-refractivity contribution in [3.05, 3.63) is 66.2 Å². The summed E-state index contributed by atoms with van der Waals surface area (Å²) in [4.78, 5) is 16.5. The molecule has 0 radical (unpaired) electrons. The van der Waals surface area contributed by atoms with Gasteiger partial charge in [0.1, 0.15) is 29.5 Å². The van der Waals surface area contributed by atoms with Crippen molar-refractivity contribution in [1.29, 1.82) is 0 Å². The molecule has 0 aliphatic carbocycles. The number of imidazole rings is 1. The summed E-state index contributed by atoms with van der Waals surface area (Å²) in [6.07, 6.45) is 0.402. The van der Waals surface area contributed by atoms with Crippen LogP contribution >= 0.6 is 0 Å². The van der Waals surface area contributed by atoms with Crippen molar-refractivity contribution >= 4 is 43.5 Å². The maximum Gasteiger partial charge on any atom is 0.238 e. The summed E-state index contributed by atoms with van der Waals surface area (Å²) in [7, 11) is -2.20. The van der Waals surface area contributed by atoms with Gasteiger partial charge in [0.15, 0.2) is 5.82 Å². The second kappa shape index (κ2) is 11.7. The van der Waals surface area contributed by atoms with Crippen molar-refractivity contribution in [2.75, 3.05) is 48.8 Å². The van der Waals surface area contributed by atoms with Crippen LogP contribution in [-0.4, -0.2) is 72.2 Å². The number of benzene rings is 3. The van der Waals surface area contributed by atoms with Gasteiger partial charge in [0.25, 0.3) is 0 Å². The molecule has 3 aromatic carbocycles. The van der Waals surface area contributed by atoms with E-state index in [0.29, 0.717) is 78.0 Å². The number of aromatic nitrogens is 4. The van der Waals surface area contributed by atoms with E-state index in [1.54, 1.807) is 35.8 Å². The van der Waals surface area contributed by atoms with Crippen molar-refractivity contribution in [2.24, 2.45) is 0 Å². The van der Waals surface area contributed by atoms with Crippen LogP contribution in [0.15, 0.2) is 54.6 Å². The highest BCUT2D eigenvalue weighted by Crippen LogP contribution is 2.39. The molecule has 1 saturated heterocycles. The lowest BCUT2D eigenvalue weighted by Gasteiger charge is -2.29. The molecule has 0 saturated carbocycles. The minimum absolute atomic E-state index is 0.118. The number of sulfonamides is 1. The maximum atomic E-state index is 15.8. The van der Waals surface area contributed by atoms with E-state index in [-0.39, 0.29) is 23.6 Å². The molecule has 1 aliphatic heterocycles. The molecular weight excluding hydrogens is 575 g/mol. The minimum Gasteiger partial charge on any atom is -0.494 e. The van der Waals surface area contributed by atoms with Crippen LogP contribution in [0.25, 0.3) is 39.0 Å². The molecule has 0 spiro atoms. The van der Waals surface area contributed by atoms with Gasteiger partial charge < -0.3 is 19.5 Å². The van der Waals surface area contributed by atoms with Crippen LogP contribution in [0.2, 0.25) is 0 Å². The molecule has 0 amide bonds. The van der Waals surface area contributed by atoms with Crippen LogP contribution in [0.1, 0.15) is 19.2 Å². The third-order valence-electron chi connectivity index (χ3n) is 7.28. The first-order valence-corrected chi connectivity index (χ1v) is 15.6. The van der Waals surface area contributed by atoms with E-state index in [1.165, 1.54) is 13.2 Å². The largest absolute Gasteiger partial charge is 0.494 e. The van der Waals surface area contributed by atoms with Gasteiger partial charge in [-0.2, -0.15) is 4.98 Å². The first-order valence-electron chi connectivity index (χ1n) is 13.9. The zero-order chi connectivity index (χ0) is 30.1. The number of hydrogen-bond acceptors (Lipinski definition) is 9. The van der Waals surface area contributed by atoms with Crippen LogP contribution in [0, 0.1) is 5.82 Å². The number of halogens is 1. The summed E-state index contributed by atoms with van der Waals surface area (Å²) in [6, 6.07) is 15.5. The molecule has 5 aromatic rings. The monoisotopic (exact) mass is 606 g/mol. The fourth-order valence-electron chi connectivity index (χ4n) is 5.33. The Hall–Kier alpha value is -4.33. The molecule has 2 aromatic heterocycles. The number of methoxy groups -OCH3 is 1. The molecule has 1 aliphatic rings. The van der Waals surface area contributed by atoms with Crippen molar-refractivity contribution in [1.82, 2.24) is 19.5 Å². The molecule has 43 heavy (non-hydrogen) atoms. The molecule has 0 atom stereocenters. The number of fused-ring (bicyclic) bond motifs is 2. The topological polar surface area (TPSA) is 132 Å². The third-order valence-corrected chi connectivity index (χ3v) is 8.76. The SMILES string of the molecule is CCCS(=O)(=O)Nc1cccc(-c2cc(OC)c3nc(-n4c(CO)nc5ccccc54)nc(N4CCOCC4)c3c2)c1F. The number of morpholine rings is 1. The van der Waals surface area contributed by atoms with Crippen molar-refractivity contribution < 1.29 is 27.4 Å². The number of aliphatic hydroxyl groups is 1. The summed E-state index contributed by atoms with van der Waals surface area (Å²) < 4.78 is 56.1. The normalized spacial score (nSPS) is 14.0. The molecule has 1 fully saturated rings. The zero-order valence-corrected chi connectivity index (χ0v) is 24.6. The van der Waals surface area contributed by atoms with Crippen LogP contribution < -0.4 is 14.4 Å². The summed E-state index contributed by atoms with van der Waals surface area (Å²) >= 11 is 0. The van der Waals surface area contributed by atoms with Gasteiger partial charge in [0.2, 0.25) is 16.0 Å². The third kappa shape index (κ3) is 5.46. The Labute approximate surface area is 248 Å². The van der Waals surface area contributed by atoms with E-state index in [1.807, 2.05) is 24.3 Å². The van der Waals surface area contributed by atoms with Gasteiger partial charge in [-0.25, -0.2) is 22.8 Å². The van der Waals surface area contributed by atoms with E-state index in [2.05, 4.69) is 14.6 Å². The van der Waals surface area contributed by atoms with E-state index in [0.717, 1.165) is 5.52 Å². The van der Waals surface area contributed by atoms with Gasteiger partial charge >= 0.3 is 0 Å². The van der Waals surface area contributed by atoms with Gasteiger partial charge in [-0.05, 0) is 42.3 Å². The van der Waals surface area contributed by atoms with Crippen LogP contribution in [0.5, 0.6) is 5.75 Å². The second-order valence-electron chi connectivity index (χ2n) is 10.1. The quantitative estimate of drug-likeness (QED) is 0.253. The molecule has 6 rings (SSSR count). The minimum atomic E-state index is -3.70. The number of nitrogens with zero attached hydrogens (tertiary/aromatic N) is 5. The summed E-state index contributed by atoms with van der Waals surface area (Å²) in [5, 5.41) is 10.8. The molecule has 13 heteroatoms. The predicted molar refractivity (Wildman–Crippen MR) is 163 cm³/mol. The number of anilines is 2. The Bertz CT molecular complexity index is 1920. The Balaban J connectivity index is 1.57. The molecule has 3 heterocycles. The van der Waals surface area contributed by atoms with Gasteiger partial charge in [-0.3, -0.25) is 9.29 Å². The van der Waals surface area contributed by atoms with Gasteiger partial charge in [-0.1, -0.05) is 31.2 Å². The highest BCUT2D eigenvalue weighted by molar-refractivity contribution is 7.92. The fraction of sp³-hybridized carbons (Fsp3) is 0.300. The first kappa shape index (κ1) is 28.8. The molecule has 224 valence electrons. The predicted octanol–water partition coefficient (Wildman–Crippen LogP) is 4.26. The first-order chi connectivity index (χ1) is 20.8. The number of nitrogens with one attached hydrogen (secondary N) is 1. The Morgan fingerprint density at radius 1 is 1.07 bits per heavy atom. The lowest BCUT2D eigenvalue weighted by Crippen LogP contribution is -2.37. The van der Waals surface area contributed by atoms with E-state index >= 15 is 4.39 Å². The lowest BCUT2D eigenvalue weighted by molar-refractivity contribution is 0.122. The standard InChI is InChI=1S/C30H31FN6O5S/c1-3-15-43(39,40)35-23-9-6-7-20(27(23)31)19-16-21-28(25(17-19)41-2)33-30(34-29(21)36-11-13-42-14-12-36)37-24-10-5-4-8-22(24)32-26(37)18-38/h4-10,16-17,35,38H,3,11-15,18H2,1-2H3. The summed E-state index contributed by atoms with van der Waals surface area (Å²) in [5.41, 5.74) is 2.44. The summed E-state index contributed by atoms with van der Waals surface area (Å²) in [6.45, 7) is 3.56. The molecule has 2 N–H and O–H groups in total. The van der Waals surface area contributed by atoms with Crippen LogP contribution in [0.4, 0.5) is 15.9 Å². The molecule has 11 nitrogen and oxygen atoms in total. The van der Waals surface area contributed by atoms with Crippen LogP contribution in [0.3, 0.4) is 0 Å². The highest BCUT2D eigenvalue weighted by atomic mass is 32.2. The van der Waals surface area contributed by atoms with E-state index in [9.17, 15) is 13.5 Å². The number of para-hydroxylation sites is 2. The Morgan fingerprint density at radius 3 is 2.60 bits per heavy atom. The average Bonchev–Trinajstić information content (AvgIpc) is 3.40. The van der Waals surface area contributed by atoms with Crippen molar-refractivity contribution in [3.8, 4) is 22.8 Å². The smallest absolute Gasteiger partial charge is 0.238 e. The fourth-order valence-corrected chi connectivity index (χ4v) is 6.46. The van der Waals surface area contributed by atoms with Gasteiger partial charge in [0.05, 0.1) is 42.8 Å². The van der Waals surface area contributed by atoms with Gasteiger partial charge in [0, 0.05) is 24.0 Å². The van der Waals surface area contributed by atoms with Crippen LogP contribution in [-0.2, 0) is 21.4 Å². The Morgan fingerprint density at radius 2 is 1.86 bits per heavy atom. The van der Waals surface area contributed by atoms with E-state index in [4.69, 9.17) is 19.4 Å². The molecule has 0 bridgehead atoms. The van der Waals surface area contributed by atoms with Crippen molar-refractivity contribution in [2.45, 2.75) is 20.0 Å². The average molecular weight is 607 g/mol. The highest BCUT2D eigenvalue weighted by Gasteiger charge is 2.24. The number of ether oxygens (including phenoxy) is 2. The zero-order valence-electron chi connectivity index (χ0n) is 23.7. The lowest BCUT2D eigenvalue weighted by atomic mass is 10.0. The number of aliphatic hydroxyl groups excluding tert-OH is 1.